The maximum Gasteiger partial charge on any atom is 0.000973 e. The smallest absolute Gasteiger partial charge is 0.000973 e. The third-order valence-electron chi connectivity index (χ3n) is 3.83. The topological polar surface area (TPSA) is 3.24 Å². The monoisotopic (exact) mass is 167 g/mol. The Hall–Kier alpha value is -0.0400. The first kappa shape index (κ1) is 8.55. The number of hydrogen-bond donors (Lipinski definition) is 0. The average molecular weight is 167 g/mol. The molecule has 0 spiro atoms. The van der Waals surface area contributed by atoms with Crippen LogP contribution in [0.25, 0.3) is 0 Å². The van der Waals surface area contributed by atoms with Gasteiger partial charge in [0.1, 0.15) is 0 Å². The molecule has 2 fully saturated rings. The lowest BCUT2D eigenvalue weighted by Crippen LogP contribution is -2.18. The van der Waals surface area contributed by atoms with E-state index >= 15 is 0 Å². The SMILES string of the molecule is CC1CCC(C2CCN(C)C2)C1. The zero-order valence-corrected chi connectivity index (χ0v) is 8.42. The van der Waals surface area contributed by atoms with Crippen LogP contribution in [0.4, 0.5) is 0 Å². The molecule has 2 aliphatic rings. The van der Waals surface area contributed by atoms with Crippen molar-refractivity contribution in [3.8, 4) is 0 Å². The van der Waals surface area contributed by atoms with Crippen LogP contribution in [0.1, 0.15) is 32.6 Å². The molecule has 3 unspecified atom stereocenters. The molecule has 1 saturated heterocycles. The fraction of sp³-hybridized carbons (Fsp3) is 1.00. The normalized spacial score (nSPS) is 44.0. The zero-order valence-electron chi connectivity index (χ0n) is 8.42. The van der Waals surface area contributed by atoms with Crippen LogP contribution in [-0.4, -0.2) is 25.0 Å². The average Bonchev–Trinajstić information content (AvgIpc) is 2.58. The molecule has 0 N–H and O–H groups in total. The number of likely N-dealkylation sites (tertiary alicyclic amines) is 1. The van der Waals surface area contributed by atoms with Crippen molar-refractivity contribution in [1.29, 1.82) is 0 Å². The third kappa shape index (κ3) is 1.66. The van der Waals surface area contributed by atoms with Crippen molar-refractivity contribution in [3.05, 3.63) is 0 Å². The first-order valence-electron chi connectivity index (χ1n) is 5.44. The largest absolute Gasteiger partial charge is 0.306 e. The third-order valence-corrected chi connectivity index (χ3v) is 3.83. The molecule has 0 aromatic heterocycles. The van der Waals surface area contributed by atoms with Gasteiger partial charge >= 0.3 is 0 Å². The number of hydrogen-bond acceptors (Lipinski definition) is 1. The molecule has 1 saturated carbocycles. The second kappa shape index (κ2) is 3.37. The van der Waals surface area contributed by atoms with Crippen LogP contribution in [0.15, 0.2) is 0 Å². The van der Waals surface area contributed by atoms with Gasteiger partial charge in [0.15, 0.2) is 0 Å². The summed E-state index contributed by atoms with van der Waals surface area (Å²) in [6.07, 6.45) is 5.98. The zero-order chi connectivity index (χ0) is 8.55. The summed E-state index contributed by atoms with van der Waals surface area (Å²) in [6, 6.07) is 0. The Bertz CT molecular complexity index is 137. The highest BCUT2D eigenvalue weighted by Gasteiger charge is 2.31. The van der Waals surface area contributed by atoms with Crippen molar-refractivity contribution >= 4 is 0 Å². The molecule has 3 atom stereocenters. The number of rotatable bonds is 1. The van der Waals surface area contributed by atoms with Gasteiger partial charge in [-0.2, -0.15) is 0 Å². The first-order valence-corrected chi connectivity index (χ1v) is 5.44. The Kier molecular flexibility index (Phi) is 2.40. The highest BCUT2D eigenvalue weighted by atomic mass is 15.1. The predicted molar refractivity (Wildman–Crippen MR) is 52.1 cm³/mol. The molecule has 0 bridgehead atoms. The fourth-order valence-corrected chi connectivity index (χ4v) is 3.03. The highest BCUT2D eigenvalue weighted by Crippen LogP contribution is 2.38. The van der Waals surface area contributed by atoms with E-state index in [0.717, 1.165) is 17.8 Å². The minimum absolute atomic E-state index is 1.01. The number of nitrogens with zero attached hydrogens (tertiary/aromatic N) is 1. The molecule has 1 aliphatic heterocycles. The van der Waals surface area contributed by atoms with E-state index in [1.807, 2.05) is 0 Å². The van der Waals surface area contributed by atoms with E-state index < -0.39 is 0 Å². The summed E-state index contributed by atoms with van der Waals surface area (Å²) in [4.78, 5) is 2.49. The van der Waals surface area contributed by atoms with E-state index in [1.165, 1.54) is 38.8 Å². The Labute approximate surface area is 76.1 Å². The van der Waals surface area contributed by atoms with Gasteiger partial charge in [-0.05, 0) is 50.6 Å². The van der Waals surface area contributed by atoms with Gasteiger partial charge in [-0.3, -0.25) is 0 Å². The van der Waals surface area contributed by atoms with Gasteiger partial charge in [-0.1, -0.05) is 13.3 Å². The lowest BCUT2D eigenvalue weighted by atomic mass is 9.89. The molecule has 70 valence electrons. The second-order valence-corrected chi connectivity index (χ2v) is 4.99. The standard InChI is InChI=1S/C11H21N/c1-9-3-4-10(7-9)11-5-6-12(2)8-11/h9-11H,3-8H2,1-2H3. The van der Waals surface area contributed by atoms with E-state index in [-0.39, 0.29) is 0 Å². The van der Waals surface area contributed by atoms with Gasteiger partial charge in [0.2, 0.25) is 0 Å². The van der Waals surface area contributed by atoms with Gasteiger partial charge in [0, 0.05) is 6.54 Å². The molecular formula is C11H21N. The molecule has 1 aliphatic carbocycles. The van der Waals surface area contributed by atoms with Crippen molar-refractivity contribution in [2.45, 2.75) is 32.6 Å². The van der Waals surface area contributed by atoms with Gasteiger partial charge in [-0.15, -0.1) is 0 Å². The maximum atomic E-state index is 2.49. The lowest BCUT2D eigenvalue weighted by molar-refractivity contribution is 0.318. The van der Waals surface area contributed by atoms with Gasteiger partial charge in [0.25, 0.3) is 0 Å². The van der Waals surface area contributed by atoms with Crippen molar-refractivity contribution in [2.24, 2.45) is 17.8 Å². The summed E-state index contributed by atoms with van der Waals surface area (Å²) >= 11 is 0. The van der Waals surface area contributed by atoms with Crippen molar-refractivity contribution < 1.29 is 0 Å². The Morgan fingerprint density at radius 1 is 1.08 bits per heavy atom. The Morgan fingerprint density at radius 3 is 2.42 bits per heavy atom. The lowest BCUT2D eigenvalue weighted by Gasteiger charge is -2.17. The van der Waals surface area contributed by atoms with Gasteiger partial charge in [0.05, 0.1) is 0 Å². The summed E-state index contributed by atoms with van der Waals surface area (Å²) < 4.78 is 0. The molecule has 1 heteroatoms. The molecule has 12 heavy (non-hydrogen) atoms. The summed E-state index contributed by atoms with van der Waals surface area (Å²) in [5, 5.41) is 0. The molecule has 0 radical (unpaired) electrons. The summed E-state index contributed by atoms with van der Waals surface area (Å²) in [6.45, 7) is 5.13. The Balaban J connectivity index is 1.85. The van der Waals surface area contributed by atoms with E-state index in [0.29, 0.717) is 0 Å². The highest BCUT2D eigenvalue weighted by molar-refractivity contribution is 4.84. The van der Waals surface area contributed by atoms with Crippen LogP contribution < -0.4 is 0 Å². The molecule has 1 heterocycles. The molecular weight excluding hydrogens is 146 g/mol. The fourth-order valence-electron chi connectivity index (χ4n) is 3.03. The van der Waals surface area contributed by atoms with Crippen LogP contribution in [0.2, 0.25) is 0 Å². The minimum atomic E-state index is 1.01. The molecule has 1 nitrogen and oxygen atoms in total. The molecule has 2 rings (SSSR count). The van der Waals surface area contributed by atoms with Crippen molar-refractivity contribution in [1.82, 2.24) is 4.90 Å². The van der Waals surface area contributed by atoms with Crippen LogP contribution in [0.5, 0.6) is 0 Å². The van der Waals surface area contributed by atoms with E-state index in [1.54, 1.807) is 0 Å². The van der Waals surface area contributed by atoms with E-state index in [2.05, 4.69) is 18.9 Å². The minimum Gasteiger partial charge on any atom is -0.306 e. The van der Waals surface area contributed by atoms with Crippen molar-refractivity contribution in [3.63, 3.8) is 0 Å². The molecule has 0 aromatic carbocycles. The maximum absolute atomic E-state index is 2.49. The van der Waals surface area contributed by atoms with Crippen LogP contribution in [0.3, 0.4) is 0 Å². The summed E-state index contributed by atoms with van der Waals surface area (Å²) in [5.74, 6) is 3.13. The van der Waals surface area contributed by atoms with Crippen molar-refractivity contribution in [2.75, 3.05) is 20.1 Å². The molecule has 0 aromatic rings. The van der Waals surface area contributed by atoms with E-state index in [9.17, 15) is 0 Å². The second-order valence-electron chi connectivity index (χ2n) is 4.99. The molecule has 0 amide bonds. The van der Waals surface area contributed by atoms with Gasteiger partial charge < -0.3 is 4.90 Å². The summed E-state index contributed by atoms with van der Waals surface area (Å²) in [5.41, 5.74) is 0. The predicted octanol–water partition coefficient (Wildman–Crippen LogP) is 2.37. The van der Waals surface area contributed by atoms with Crippen LogP contribution in [0, 0.1) is 17.8 Å². The van der Waals surface area contributed by atoms with Gasteiger partial charge in [-0.25, -0.2) is 0 Å². The van der Waals surface area contributed by atoms with Crippen LogP contribution >= 0.6 is 0 Å². The first-order chi connectivity index (χ1) is 5.75. The van der Waals surface area contributed by atoms with E-state index in [4.69, 9.17) is 0 Å². The summed E-state index contributed by atoms with van der Waals surface area (Å²) in [7, 11) is 2.26. The van der Waals surface area contributed by atoms with Crippen LogP contribution in [-0.2, 0) is 0 Å². The quantitative estimate of drug-likeness (QED) is 0.579. The Morgan fingerprint density at radius 2 is 1.92 bits per heavy atom.